The first-order valence-corrected chi connectivity index (χ1v) is 7.55. The minimum absolute atomic E-state index is 0.0997. The fraction of sp³-hybridized carbons (Fsp3) is 0.438. The van der Waals surface area contributed by atoms with E-state index in [0.29, 0.717) is 0 Å². The van der Waals surface area contributed by atoms with Crippen molar-refractivity contribution in [2.45, 2.75) is 39.8 Å². The van der Waals surface area contributed by atoms with Crippen molar-refractivity contribution in [3.05, 3.63) is 52.3 Å². The summed E-state index contributed by atoms with van der Waals surface area (Å²) in [6, 6.07) is 6.29. The Labute approximate surface area is 126 Å². The maximum atomic E-state index is 6.49. The molecule has 0 spiro atoms. The van der Waals surface area contributed by atoms with Crippen molar-refractivity contribution >= 4 is 11.6 Å². The van der Waals surface area contributed by atoms with Crippen molar-refractivity contribution in [2.24, 2.45) is 0 Å². The molecule has 1 unspecified atom stereocenters. The molecule has 1 atom stereocenters. The summed E-state index contributed by atoms with van der Waals surface area (Å²) in [4.78, 5) is 0. The van der Waals surface area contributed by atoms with Crippen molar-refractivity contribution in [3.63, 3.8) is 0 Å². The molecule has 3 nitrogen and oxygen atoms in total. The van der Waals surface area contributed by atoms with E-state index < -0.39 is 0 Å². The molecule has 0 aliphatic rings. The third-order valence-corrected chi connectivity index (χ3v) is 3.96. The highest BCUT2D eigenvalue weighted by Gasteiger charge is 2.18. The van der Waals surface area contributed by atoms with Crippen LogP contribution in [0.25, 0.3) is 0 Å². The lowest BCUT2D eigenvalue weighted by Crippen LogP contribution is -2.23. The smallest absolute Gasteiger partial charge is 0.0622 e. The van der Waals surface area contributed by atoms with Gasteiger partial charge >= 0.3 is 0 Å². The SMILES string of the molecule is CCCNC(c1cnn(CC)c1)c1cccc(C)c1Cl. The molecule has 0 aliphatic heterocycles. The predicted octanol–water partition coefficient (Wildman–Crippen LogP) is 3.95. The van der Waals surface area contributed by atoms with Crippen LogP contribution < -0.4 is 5.32 Å². The zero-order valence-electron chi connectivity index (χ0n) is 12.4. The van der Waals surface area contributed by atoms with Crippen molar-refractivity contribution in [2.75, 3.05) is 6.54 Å². The van der Waals surface area contributed by atoms with Gasteiger partial charge in [-0.25, -0.2) is 0 Å². The Hall–Kier alpha value is -1.32. The van der Waals surface area contributed by atoms with Gasteiger partial charge in [0.05, 0.1) is 12.2 Å². The normalized spacial score (nSPS) is 12.6. The van der Waals surface area contributed by atoms with Crippen LogP contribution in [-0.4, -0.2) is 16.3 Å². The van der Waals surface area contributed by atoms with Crippen LogP contribution in [0.1, 0.15) is 43.0 Å². The van der Waals surface area contributed by atoms with E-state index in [1.165, 1.54) is 0 Å². The number of rotatable bonds is 6. The van der Waals surface area contributed by atoms with Crippen molar-refractivity contribution < 1.29 is 0 Å². The summed E-state index contributed by atoms with van der Waals surface area (Å²) in [5.74, 6) is 0. The molecule has 0 radical (unpaired) electrons. The molecule has 1 aromatic carbocycles. The highest BCUT2D eigenvalue weighted by molar-refractivity contribution is 6.32. The average molecular weight is 292 g/mol. The number of halogens is 1. The first kappa shape index (κ1) is 15.1. The Morgan fingerprint density at radius 2 is 2.15 bits per heavy atom. The van der Waals surface area contributed by atoms with Gasteiger partial charge in [-0.05, 0) is 37.9 Å². The van der Waals surface area contributed by atoms with Crippen LogP contribution in [0.2, 0.25) is 5.02 Å². The van der Waals surface area contributed by atoms with Crippen LogP contribution in [0.5, 0.6) is 0 Å². The Kier molecular flexibility index (Phi) is 5.21. The summed E-state index contributed by atoms with van der Waals surface area (Å²) in [7, 11) is 0. The van der Waals surface area contributed by atoms with Crippen molar-refractivity contribution in [1.82, 2.24) is 15.1 Å². The van der Waals surface area contributed by atoms with E-state index in [1.54, 1.807) is 0 Å². The molecule has 108 valence electrons. The van der Waals surface area contributed by atoms with Gasteiger partial charge in [-0.15, -0.1) is 0 Å². The van der Waals surface area contributed by atoms with Crippen molar-refractivity contribution in [1.29, 1.82) is 0 Å². The Balaban J connectivity index is 2.38. The van der Waals surface area contributed by atoms with Crippen LogP contribution in [-0.2, 0) is 6.54 Å². The van der Waals surface area contributed by atoms with Crippen LogP contribution in [0.3, 0.4) is 0 Å². The maximum absolute atomic E-state index is 6.49. The fourth-order valence-corrected chi connectivity index (χ4v) is 2.53. The summed E-state index contributed by atoms with van der Waals surface area (Å²) in [5, 5.41) is 8.78. The van der Waals surface area contributed by atoms with Crippen LogP contribution in [0.4, 0.5) is 0 Å². The van der Waals surface area contributed by atoms with Gasteiger partial charge < -0.3 is 5.32 Å². The molecular weight excluding hydrogens is 270 g/mol. The van der Waals surface area contributed by atoms with Crippen molar-refractivity contribution in [3.8, 4) is 0 Å². The highest BCUT2D eigenvalue weighted by atomic mass is 35.5. The second-order valence-electron chi connectivity index (χ2n) is 4.99. The summed E-state index contributed by atoms with van der Waals surface area (Å²) in [5.41, 5.74) is 3.39. The molecular formula is C16H22ClN3. The van der Waals surface area contributed by atoms with E-state index in [0.717, 1.165) is 41.2 Å². The quantitative estimate of drug-likeness (QED) is 0.873. The lowest BCUT2D eigenvalue weighted by atomic mass is 9.99. The van der Waals surface area contributed by atoms with Gasteiger partial charge in [0.15, 0.2) is 0 Å². The topological polar surface area (TPSA) is 29.9 Å². The van der Waals surface area contributed by atoms with Gasteiger partial charge in [0.25, 0.3) is 0 Å². The third kappa shape index (κ3) is 3.22. The first-order valence-electron chi connectivity index (χ1n) is 7.18. The van der Waals surface area contributed by atoms with Crippen LogP contribution in [0, 0.1) is 6.92 Å². The molecule has 0 amide bonds. The van der Waals surface area contributed by atoms with E-state index in [1.807, 2.05) is 23.9 Å². The molecule has 0 saturated carbocycles. The summed E-state index contributed by atoms with van der Waals surface area (Å²) in [6.45, 7) is 8.12. The first-order chi connectivity index (χ1) is 9.67. The van der Waals surface area contributed by atoms with Gasteiger partial charge in [0, 0.05) is 23.3 Å². The summed E-state index contributed by atoms with van der Waals surface area (Å²) in [6.07, 6.45) is 5.10. The van der Waals surface area contributed by atoms with E-state index in [-0.39, 0.29) is 6.04 Å². The number of hydrogen-bond acceptors (Lipinski definition) is 2. The van der Waals surface area contributed by atoms with Gasteiger partial charge in [0.1, 0.15) is 0 Å². The minimum atomic E-state index is 0.0997. The molecule has 0 fully saturated rings. The molecule has 2 rings (SSSR count). The molecule has 1 aromatic heterocycles. The number of hydrogen-bond donors (Lipinski definition) is 1. The molecule has 4 heteroatoms. The Bertz CT molecular complexity index is 563. The fourth-order valence-electron chi connectivity index (χ4n) is 2.29. The summed E-state index contributed by atoms with van der Waals surface area (Å²) < 4.78 is 1.94. The van der Waals surface area contributed by atoms with E-state index in [2.05, 4.69) is 42.6 Å². The molecule has 20 heavy (non-hydrogen) atoms. The molecule has 0 saturated heterocycles. The lowest BCUT2D eigenvalue weighted by molar-refractivity contribution is 0.596. The second-order valence-corrected chi connectivity index (χ2v) is 5.37. The maximum Gasteiger partial charge on any atom is 0.0622 e. The van der Waals surface area contributed by atoms with Gasteiger partial charge in [0.2, 0.25) is 0 Å². The molecule has 1 heterocycles. The van der Waals surface area contributed by atoms with Crippen LogP contribution >= 0.6 is 11.6 Å². The van der Waals surface area contributed by atoms with E-state index in [9.17, 15) is 0 Å². The monoisotopic (exact) mass is 291 g/mol. The molecule has 1 N–H and O–H groups in total. The predicted molar refractivity (Wildman–Crippen MR) is 84.2 cm³/mol. The molecule has 0 aliphatic carbocycles. The van der Waals surface area contributed by atoms with Crippen LogP contribution in [0.15, 0.2) is 30.6 Å². The third-order valence-electron chi connectivity index (χ3n) is 3.44. The Morgan fingerprint density at radius 1 is 1.35 bits per heavy atom. The average Bonchev–Trinajstić information content (AvgIpc) is 2.92. The number of aryl methyl sites for hydroxylation is 2. The minimum Gasteiger partial charge on any atom is -0.306 e. The standard InChI is InChI=1S/C16H22ClN3/c1-4-9-18-16(13-10-19-20(5-2)11-13)14-8-6-7-12(3)15(14)17/h6-8,10-11,16,18H,4-5,9H2,1-3H3. The number of nitrogens with one attached hydrogen (secondary N) is 1. The van der Waals surface area contributed by atoms with E-state index in [4.69, 9.17) is 11.6 Å². The van der Waals surface area contributed by atoms with Gasteiger partial charge in [-0.2, -0.15) is 5.10 Å². The lowest BCUT2D eigenvalue weighted by Gasteiger charge is -2.20. The van der Waals surface area contributed by atoms with Gasteiger partial charge in [-0.3, -0.25) is 4.68 Å². The summed E-state index contributed by atoms with van der Waals surface area (Å²) >= 11 is 6.49. The number of aromatic nitrogens is 2. The second kappa shape index (κ2) is 6.91. The molecule has 2 aromatic rings. The molecule has 0 bridgehead atoms. The highest BCUT2D eigenvalue weighted by Crippen LogP contribution is 2.30. The zero-order valence-corrected chi connectivity index (χ0v) is 13.1. The number of nitrogens with zero attached hydrogens (tertiary/aromatic N) is 2. The van der Waals surface area contributed by atoms with Gasteiger partial charge in [-0.1, -0.05) is 36.7 Å². The largest absolute Gasteiger partial charge is 0.306 e. The zero-order chi connectivity index (χ0) is 14.5. The Morgan fingerprint density at radius 3 is 2.80 bits per heavy atom. The van der Waals surface area contributed by atoms with E-state index >= 15 is 0 Å². The number of benzene rings is 1.